The lowest BCUT2D eigenvalue weighted by Crippen LogP contribution is -2.34. The molecular formula is C22H42O7S. The maximum Gasteiger partial charge on any atom is 0.327 e. The molecule has 8 heteroatoms. The number of esters is 2. The van der Waals surface area contributed by atoms with E-state index in [4.69, 9.17) is 9.47 Å². The monoisotopic (exact) mass is 450 g/mol. The van der Waals surface area contributed by atoms with Gasteiger partial charge in [0.1, 0.15) is 0 Å². The van der Waals surface area contributed by atoms with E-state index in [1.165, 1.54) is 38.5 Å². The fourth-order valence-electron chi connectivity index (χ4n) is 3.09. The molecule has 30 heavy (non-hydrogen) atoms. The zero-order chi connectivity index (χ0) is 22.7. The van der Waals surface area contributed by atoms with Crippen molar-refractivity contribution in [2.45, 2.75) is 115 Å². The Labute approximate surface area is 183 Å². The van der Waals surface area contributed by atoms with Gasteiger partial charge in [0.25, 0.3) is 10.1 Å². The molecule has 0 aromatic heterocycles. The third-order valence-corrected chi connectivity index (χ3v) is 6.06. The average molecular weight is 451 g/mol. The fourth-order valence-corrected chi connectivity index (χ4v) is 3.75. The topological polar surface area (TPSA) is 107 Å². The summed E-state index contributed by atoms with van der Waals surface area (Å²) in [6.45, 7) is 4.56. The molecule has 7 nitrogen and oxygen atoms in total. The summed E-state index contributed by atoms with van der Waals surface area (Å²) < 4.78 is 42.3. The van der Waals surface area contributed by atoms with Crippen molar-refractivity contribution in [2.75, 3.05) is 13.2 Å². The van der Waals surface area contributed by atoms with Crippen LogP contribution in [0.5, 0.6) is 0 Å². The highest BCUT2D eigenvalue weighted by molar-refractivity contribution is 7.87. The number of hydrogen-bond acceptors (Lipinski definition) is 6. The van der Waals surface area contributed by atoms with Crippen LogP contribution in [-0.2, 0) is 29.2 Å². The summed E-state index contributed by atoms with van der Waals surface area (Å²) in [7, 11) is -4.74. The van der Waals surface area contributed by atoms with Gasteiger partial charge in [-0.3, -0.25) is 14.1 Å². The third kappa shape index (κ3) is 16.6. The summed E-state index contributed by atoms with van der Waals surface area (Å²) in [6, 6.07) is 0. The first kappa shape index (κ1) is 28.9. The molecule has 1 atom stereocenters. The number of carbonyl (C=O) groups is 2. The van der Waals surface area contributed by atoms with Crippen LogP contribution in [0.15, 0.2) is 0 Å². The zero-order valence-electron chi connectivity index (χ0n) is 18.9. The van der Waals surface area contributed by atoms with Gasteiger partial charge in [-0.25, -0.2) is 0 Å². The second kappa shape index (κ2) is 18.6. The standard InChI is InChI=1S/C22H42O7S/c1-3-5-7-9-11-13-15-17-28-21(23)19-20(30(25,26)27)22(24)29-18-16-14-12-10-8-6-4-2/h20H,3-19H2,1-2H3,(H,25,26,27)/t20-/m1/s1. The molecule has 0 aliphatic rings. The highest BCUT2D eigenvalue weighted by atomic mass is 32.2. The van der Waals surface area contributed by atoms with Gasteiger partial charge in [0.2, 0.25) is 0 Å². The number of unbranched alkanes of at least 4 members (excludes halogenated alkanes) is 12. The molecule has 0 rings (SSSR count). The van der Waals surface area contributed by atoms with Crippen molar-refractivity contribution >= 4 is 22.1 Å². The van der Waals surface area contributed by atoms with Crippen molar-refractivity contribution in [1.29, 1.82) is 0 Å². The molecule has 0 aromatic carbocycles. The van der Waals surface area contributed by atoms with E-state index >= 15 is 0 Å². The van der Waals surface area contributed by atoms with Crippen LogP contribution in [0.2, 0.25) is 0 Å². The average Bonchev–Trinajstić information content (AvgIpc) is 2.69. The Morgan fingerprint density at radius 1 is 0.700 bits per heavy atom. The van der Waals surface area contributed by atoms with Crippen LogP contribution in [0, 0.1) is 0 Å². The molecule has 0 amide bonds. The van der Waals surface area contributed by atoms with Crippen LogP contribution in [0.25, 0.3) is 0 Å². The first-order valence-electron chi connectivity index (χ1n) is 11.6. The van der Waals surface area contributed by atoms with E-state index in [1.54, 1.807) is 0 Å². The molecule has 0 aromatic rings. The third-order valence-electron chi connectivity index (χ3n) is 4.98. The van der Waals surface area contributed by atoms with Gasteiger partial charge in [-0.15, -0.1) is 0 Å². The second-order valence-corrected chi connectivity index (χ2v) is 9.44. The molecule has 0 aliphatic heterocycles. The van der Waals surface area contributed by atoms with Crippen LogP contribution in [0.1, 0.15) is 110 Å². The maximum absolute atomic E-state index is 12.0. The number of rotatable bonds is 20. The Bertz CT molecular complexity index is 546. The molecule has 178 valence electrons. The van der Waals surface area contributed by atoms with E-state index < -0.39 is 33.7 Å². The van der Waals surface area contributed by atoms with Crippen LogP contribution >= 0.6 is 0 Å². The molecule has 0 heterocycles. The summed E-state index contributed by atoms with van der Waals surface area (Å²) in [6.07, 6.45) is 14.0. The number of ether oxygens (including phenoxy) is 2. The van der Waals surface area contributed by atoms with Gasteiger partial charge in [-0.1, -0.05) is 90.9 Å². The van der Waals surface area contributed by atoms with Crippen LogP contribution in [0.4, 0.5) is 0 Å². The molecule has 0 saturated heterocycles. The summed E-state index contributed by atoms with van der Waals surface area (Å²) in [5.74, 6) is -1.92. The van der Waals surface area contributed by atoms with Gasteiger partial charge in [0, 0.05) is 0 Å². The maximum atomic E-state index is 12.0. The summed E-state index contributed by atoms with van der Waals surface area (Å²) in [5.41, 5.74) is 0. The van der Waals surface area contributed by atoms with Gasteiger partial charge in [0.05, 0.1) is 19.6 Å². The Balaban J connectivity index is 4.08. The second-order valence-electron chi connectivity index (χ2n) is 7.84. The van der Waals surface area contributed by atoms with Gasteiger partial charge >= 0.3 is 11.9 Å². The normalized spacial score (nSPS) is 12.5. The van der Waals surface area contributed by atoms with Crippen molar-refractivity contribution in [3.05, 3.63) is 0 Å². The Morgan fingerprint density at radius 2 is 1.10 bits per heavy atom. The molecule has 0 unspecified atom stereocenters. The molecule has 0 bridgehead atoms. The van der Waals surface area contributed by atoms with E-state index in [0.29, 0.717) is 12.8 Å². The summed E-state index contributed by atoms with van der Waals surface area (Å²) in [5, 5.41) is -1.93. The smallest absolute Gasteiger partial charge is 0.327 e. The predicted octanol–water partition coefficient (Wildman–Crippen LogP) is 5.22. The summed E-state index contributed by atoms with van der Waals surface area (Å²) >= 11 is 0. The van der Waals surface area contributed by atoms with Gasteiger partial charge in [0.15, 0.2) is 5.25 Å². The lowest BCUT2D eigenvalue weighted by atomic mass is 10.1. The lowest BCUT2D eigenvalue weighted by Gasteiger charge is -2.13. The van der Waals surface area contributed by atoms with Crippen LogP contribution in [0.3, 0.4) is 0 Å². The molecule has 0 spiro atoms. The van der Waals surface area contributed by atoms with Crippen molar-refractivity contribution < 1.29 is 32.0 Å². The highest BCUT2D eigenvalue weighted by Crippen LogP contribution is 2.12. The molecule has 0 radical (unpaired) electrons. The molecule has 0 fully saturated rings. The quantitative estimate of drug-likeness (QED) is 0.154. The zero-order valence-corrected chi connectivity index (χ0v) is 19.7. The van der Waals surface area contributed by atoms with Gasteiger partial charge < -0.3 is 9.47 Å². The fraction of sp³-hybridized carbons (Fsp3) is 0.909. The molecular weight excluding hydrogens is 408 g/mol. The number of carbonyl (C=O) groups excluding carboxylic acids is 2. The minimum absolute atomic E-state index is 0.0751. The Morgan fingerprint density at radius 3 is 1.53 bits per heavy atom. The van der Waals surface area contributed by atoms with Gasteiger partial charge in [-0.05, 0) is 12.8 Å². The van der Waals surface area contributed by atoms with E-state index in [0.717, 1.165) is 38.5 Å². The highest BCUT2D eigenvalue weighted by Gasteiger charge is 2.35. The largest absolute Gasteiger partial charge is 0.466 e. The van der Waals surface area contributed by atoms with E-state index in [-0.39, 0.29) is 13.2 Å². The van der Waals surface area contributed by atoms with Gasteiger partial charge in [-0.2, -0.15) is 8.42 Å². The SMILES string of the molecule is CCCCCCCCCOC(=O)C[C@H](C(=O)OCCCCCCCCC)S(=O)(=O)O. The van der Waals surface area contributed by atoms with Crippen molar-refractivity contribution in [1.82, 2.24) is 0 Å². The van der Waals surface area contributed by atoms with Crippen LogP contribution < -0.4 is 0 Å². The minimum Gasteiger partial charge on any atom is -0.466 e. The molecule has 1 N–H and O–H groups in total. The van der Waals surface area contributed by atoms with Crippen molar-refractivity contribution in [2.24, 2.45) is 0 Å². The van der Waals surface area contributed by atoms with Crippen molar-refractivity contribution in [3.8, 4) is 0 Å². The molecule has 0 saturated carbocycles. The first-order chi connectivity index (χ1) is 14.3. The Hall–Kier alpha value is -1.15. The van der Waals surface area contributed by atoms with Crippen molar-refractivity contribution in [3.63, 3.8) is 0 Å². The Kier molecular flexibility index (Phi) is 17.9. The minimum atomic E-state index is -4.74. The number of hydrogen-bond donors (Lipinski definition) is 1. The van der Waals surface area contributed by atoms with E-state index in [9.17, 15) is 22.6 Å². The van der Waals surface area contributed by atoms with E-state index in [1.807, 2.05) is 0 Å². The van der Waals surface area contributed by atoms with Crippen LogP contribution in [-0.4, -0.2) is 43.4 Å². The molecule has 0 aliphatic carbocycles. The van der Waals surface area contributed by atoms with E-state index in [2.05, 4.69) is 13.8 Å². The predicted molar refractivity (Wildman–Crippen MR) is 118 cm³/mol. The lowest BCUT2D eigenvalue weighted by molar-refractivity contribution is -0.150. The summed E-state index contributed by atoms with van der Waals surface area (Å²) in [4.78, 5) is 23.9. The first-order valence-corrected chi connectivity index (χ1v) is 13.1.